The minimum atomic E-state index is -1.15. The molecule has 0 bridgehead atoms. The lowest BCUT2D eigenvalue weighted by Crippen LogP contribution is -2.16. The van der Waals surface area contributed by atoms with E-state index in [2.05, 4.69) is 17.2 Å². The first-order valence-corrected chi connectivity index (χ1v) is 12.0. The summed E-state index contributed by atoms with van der Waals surface area (Å²) in [5.41, 5.74) is 3.37. The number of ether oxygens (including phenoxy) is 2. The predicted molar refractivity (Wildman–Crippen MR) is 143 cm³/mol. The van der Waals surface area contributed by atoms with Crippen LogP contribution in [0.2, 0.25) is 0 Å². The average molecular weight is 497 g/mol. The fraction of sp³-hybridized carbons (Fsp3) is 0.167. The maximum absolute atomic E-state index is 13.6. The van der Waals surface area contributed by atoms with Gasteiger partial charge in [-0.3, -0.25) is 9.78 Å². The van der Waals surface area contributed by atoms with Crippen LogP contribution >= 0.6 is 0 Å². The molecule has 0 saturated heterocycles. The van der Waals surface area contributed by atoms with Crippen LogP contribution in [-0.2, 0) is 0 Å². The summed E-state index contributed by atoms with van der Waals surface area (Å²) in [5, 5.41) is 12.6. The number of anilines is 1. The van der Waals surface area contributed by atoms with Gasteiger partial charge >= 0.3 is 5.97 Å². The number of aromatic nitrogens is 1. The molecule has 37 heavy (non-hydrogen) atoms. The van der Waals surface area contributed by atoms with Crippen LogP contribution < -0.4 is 14.8 Å². The van der Waals surface area contributed by atoms with Crippen LogP contribution in [0.1, 0.15) is 40.5 Å². The van der Waals surface area contributed by atoms with Gasteiger partial charge in [-0.1, -0.05) is 43.7 Å². The third kappa shape index (κ3) is 5.95. The second-order valence-electron chi connectivity index (χ2n) is 8.35. The first-order chi connectivity index (χ1) is 18.0. The van der Waals surface area contributed by atoms with Crippen molar-refractivity contribution in [2.45, 2.75) is 19.8 Å². The standard InChI is InChI=1S/C30H28N2O5/c1-3-4-17-37-28-15-13-21(25-10-7-8-16-31-25)18-24(28)29(33)32-26-19-20(12-14-23(26)30(34)35)22-9-5-6-11-27(22)36-2/h5-16,18-19H,3-4,17H2,1-2H3,(H,32,33)(H,34,35). The number of hydrogen-bond acceptors (Lipinski definition) is 5. The van der Waals surface area contributed by atoms with Crippen LogP contribution in [0.4, 0.5) is 5.69 Å². The monoisotopic (exact) mass is 496 g/mol. The van der Waals surface area contributed by atoms with E-state index < -0.39 is 11.9 Å². The number of unbranched alkanes of at least 4 members (excludes halogenated alkanes) is 1. The highest BCUT2D eigenvalue weighted by Gasteiger charge is 2.19. The third-order valence-corrected chi connectivity index (χ3v) is 5.86. The molecular formula is C30H28N2O5. The molecule has 188 valence electrons. The highest BCUT2D eigenvalue weighted by atomic mass is 16.5. The highest BCUT2D eigenvalue weighted by molar-refractivity contribution is 6.10. The lowest BCUT2D eigenvalue weighted by molar-refractivity contribution is 0.0698. The molecule has 0 aliphatic heterocycles. The fourth-order valence-corrected chi connectivity index (χ4v) is 3.93. The highest BCUT2D eigenvalue weighted by Crippen LogP contribution is 2.33. The van der Waals surface area contributed by atoms with Gasteiger partial charge in [-0.2, -0.15) is 0 Å². The Morgan fingerprint density at radius 2 is 1.68 bits per heavy atom. The Morgan fingerprint density at radius 3 is 2.41 bits per heavy atom. The molecule has 0 aliphatic rings. The van der Waals surface area contributed by atoms with E-state index in [1.165, 1.54) is 6.07 Å². The van der Waals surface area contributed by atoms with Crippen molar-refractivity contribution in [3.63, 3.8) is 0 Å². The molecule has 2 N–H and O–H groups in total. The molecule has 0 unspecified atom stereocenters. The minimum Gasteiger partial charge on any atom is -0.496 e. The van der Waals surface area contributed by atoms with Crippen molar-refractivity contribution < 1.29 is 24.2 Å². The van der Waals surface area contributed by atoms with Crippen LogP contribution in [0.25, 0.3) is 22.4 Å². The van der Waals surface area contributed by atoms with E-state index >= 15 is 0 Å². The molecule has 0 atom stereocenters. The van der Waals surface area contributed by atoms with Crippen molar-refractivity contribution in [2.75, 3.05) is 19.0 Å². The molecule has 7 nitrogen and oxygen atoms in total. The van der Waals surface area contributed by atoms with E-state index in [0.29, 0.717) is 34.9 Å². The van der Waals surface area contributed by atoms with Gasteiger partial charge in [0.05, 0.1) is 36.2 Å². The second kappa shape index (κ2) is 11.9. The molecule has 7 heteroatoms. The van der Waals surface area contributed by atoms with Gasteiger partial charge in [0.2, 0.25) is 0 Å². The van der Waals surface area contributed by atoms with Crippen LogP contribution in [-0.4, -0.2) is 35.7 Å². The normalized spacial score (nSPS) is 10.5. The summed E-state index contributed by atoms with van der Waals surface area (Å²) in [6, 6.07) is 23.1. The van der Waals surface area contributed by atoms with Gasteiger partial charge in [0.25, 0.3) is 5.91 Å². The van der Waals surface area contributed by atoms with Gasteiger partial charge in [-0.25, -0.2) is 4.79 Å². The van der Waals surface area contributed by atoms with Crippen molar-refractivity contribution in [1.82, 2.24) is 4.98 Å². The zero-order valence-corrected chi connectivity index (χ0v) is 20.7. The number of pyridine rings is 1. The number of methoxy groups -OCH3 is 1. The zero-order valence-electron chi connectivity index (χ0n) is 20.7. The van der Waals surface area contributed by atoms with Crippen molar-refractivity contribution in [3.8, 4) is 33.9 Å². The molecule has 1 heterocycles. The summed E-state index contributed by atoms with van der Waals surface area (Å²) in [4.78, 5) is 29.9. The Balaban J connectivity index is 1.74. The summed E-state index contributed by atoms with van der Waals surface area (Å²) in [6.45, 7) is 2.52. The topological polar surface area (TPSA) is 97.8 Å². The van der Waals surface area contributed by atoms with Gasteiger partial charge in [0.15, 0.2) is 0 Å². The summed E-state index contributed by atoms with van der Waals surface area (Å²) in [7, 11) is 1.57. The third-order valence-electron chi connectivity index (χ3n) is 5.86. The van der Waals surface area contributed by atoms with Crippen LogP contribution in [0, 0.1) is 0 Å². The van der Waals surface area contributed by atoms with Gasteiger partial charge in [0, 0.05) is 17.3 Å². The molecular weight excluding hydrogens is 468 g/mol. The SMILES string of the molecule is CCCCOc1ccc(-c2ccccn2)cc1C(=O)Nc1cc(-c2ccccc2OC)ccc1C(=O)O. The van der Waals surface area contributed by atoms with Crippen molar-refractivity contribution >= 4 is 17.6 Å². The number of nitrogens with one attached hydrogen (secondary N) is 1. The molecule has 0 aliphatic carbocycles. The predicted octanol–water partition coefficient (Wildman–Crippen LogP) is 6.55. The summed E-state index contributed by atoms with van der Waals surface area (Å²) in [6.07, 6.45) is 3.47. The quantitative estimate of drug-likeness (QED) is 0.242. The van der Waals surface area contributed by atoms with Gasteiger partial charge in [-0.15, -0.1) is 0 Å². The van der Waals surface area contributed by atoms with E-state index in [1.807, 2.05) is 48.5 Å². The number of amides is 1. The summed E-state index contributed by atoms with van der Waals surface area (Å²) < 4.78 is 11.4. The number of carbonyl (C=O) groups is 2. The molecule has 0 saturated carbocycles. The van der Waals surface area contributed by atoms with E-state index in [9.17, 15) is 14.7 Å². The molecule has 1 amide bonds. The van der Waals surface area contributed by atoms with Gasteiger partial charge in [-0.05, 0) is 60.5 Å². The fourth-order valence-electron chi connectivity index (χ4n) is 3.93. The number of rotatable bonds is 10. The smallest absolute Gasteiger partial charge is 0.337 e. The van der Waals surface area contributed by atoms with Crippen LogP contribution in [0.5, 0.6) is 11.5 Å². The maximum atomic E-state index is 13.6. The molecule has 1 aromatic heterocycles. The molecule has 4 aromatic rings. The number of hydrogen-bond donors (Lipinski definition) is 2. The molecule has 4 rings (SSSR count). The number of aromatic carboxylic acids is 1. The summed E-state index contributed by atoms with van der Waals surface area (Å²) in [5.74, 6) is -0.576. The van der Waals surface area contributed by atoms with Gasteiger partial charge < -0.3 is 19.9 Å². The molecule has 0 fully saturated rings. The number of carboxylic acids is 1. The second-order valence-corrected chi connectivity index (χ2v) is 8.35. The van der Waals surface area contributed by atoms with Crippen molar-refractivity contribution in [2.24, 2.45) is 0 Å². The Morgan fingerprint density at radius 1 is 0.892 bits per heavy atom. The van der Waals surface area contributed by atoms with E-state index in [-0.39, 0.29) is 11.3 Å². The average Bonchev–Trinajstić information content (AvgIpc) is 2.93. The lowest BCUT2D eigenvalue weighted by atomic mass is 10.0. The maximum Gasteiger partial charge on any atom is 0.337 e. The molecule has 0 radical (unpaired) electrons. The Labute approximate surface area is 215 Å². The number of carbonyl (C=O) groups excluding carboxylic acids is 1. The van der Waals surface area contributed by atoms with Crippen molar-refractivity contribution in [1.29, 1.82) is 0 Å². The van der Waals surface area contributed by atoms with Crippen LogP contribution in [0.15, 0.2) is 85.1 Å². The number of carboxylic acid groups (broad SMARTS) is 1. The van der Waals surface area contributed by atoms with Crippen LogP contribution in [0.3, 0.4) is 0 Å². The number of nitrogens with zero attached hydrogens (tertiary/aromatic N) is 1. The molecule has 3 aromatic carbocycles. The molecule has 0 spiro atoms. The zero-order chi connectivity index (χ0) is 26.2. The van der Waals surface area contributed by atoms with E-state index in [1.54, 1.807) is 37.6 Å². The Kier molecular flexibility index (Phi) is 8.15. The summed E-state index contributed by atoms with van der Waals surface area (Å²) >= 11 is 0. The first-order valence-electron chi connectivity index (χ1n) is 12.0. The first kappa shape index (κ1) is 25.4. The minimum absolute atomic E-state index is 0.0265. The Hall–Kier alpha value is -4.65. The Bertz CT molecular complexity index is 1400. The lowest BCUT2D eigenvalue weighted by Gasteiger charge is -2.15. The number of para-hydroxylation sites is 1. The van der Waals surface area contributed by atoms with E-state index in [4.69, 9.17) is 9.47 Å². The largest absolute Gasteiger partial charge is 0.496 e. The van der Waals surface area contributed by atoms with Crippen molar-refractivity contribution in [3.05, 3.63) is 96.2 Å². The van der Waals surface area contributed by atoms with E-state index in [0.717, 1.165) is 24.0 Å². The van der Waals surface area contributed by atoms with Gasteiger partial charge in [0.1, 0.15) is 11.5 Å². The number of benzene rings is 3.